The van der Waals surface area contributed by atoms with Gasteiger partial charge in [-0.05, 0) is 44.5 Å². The van der Waals surface area contributed by atoms with E-state index in [1.807, 2.05) is 29.8 Å². The Morgan fingerprint density at radius 1 is 1.25 bits per heavy atom. The summed E-state index contributed by atoms with van der Waals surface area (Å²) < 4.78 is 0. The monoisotopic (exact) mass is 232 g/mol. The largest absolute Gasteiger partial charge is 0.376 e. The lowest BCUT2D eigenvalue weighted by molar-refractivity contribution is 0.903. The Bertz CT molecular complexity index is 476. The first-order valence-electron chi connectivity index (χ1n) is 5.40. The zero-order valence-electron chi connectivity index (χ0n) is 9.82. The van der Waals surface area contributed by atoms with Crippen LogP contribution in [0.2, 0.25) is 0 Å². The van der Waals surface area contributed by atoms with Crippen molar-refractivity contribution in [2.45, 2.75) is 26.8 Å². The van der Waals surface area contributed by atoms with E-state index in [2.05, 4.69) is 43.2 Å². The van der Waals surface area contributed by atoms with Crippen LogP contribution in [0.3, 0.4) is 0 Å². The number of rotatable bonds is 3. The second kappa shape index (κ2) is 4.66. The summed E-state index contributed by atoms with van der Waals surface area (Å²) in [4.78, 5) is 6.85. The van der Waals surface area contributed by atoms with Crippen molar-refractivity contribution in [3.8, 4) is 0 Å². The van der Waals surface area contributed by atoms with Crippen LogP contribution in [0.25, 0.3) is 0 Å². The van der Waals surface area contributed by atoms with Gasteiger partial charge in [-0.1, -0.05) is 0 Å². The molecule has 0 saturated heterocycles. The molecule has 3 heteroatoms. The number of nitrogens with one attached hydrogen (secondary N) is 1. The summed E-state index contributed by atoms with van der Waals surface area (Å²) in [7, 11) is 0. The predicted molar refractivity (Wildman–Crippen MR) is 70.1 cm³/mol. The molecule has 84 valence electrons. The van der Waals surface area contributed by atoms with Crippen LogP contribution in [-0.4, -0.2) is 4.98 Å². The van der Waals surface area contributed by atoms with Crippen molar-refractivity contribution in [2.24, 2.45) is 0 Å². The van der Waals surface area contributed by atoms with Crippen molar-refractivity contribution in [3.05, 3.63) is 45.9 Å². The molecule has 0 saturated carbocycles. The summed E-state index contributed by atoms with van der Waals surface area (Å²) in [6.07, 6.45) is 3.70. The first-order chi connectivity index (χ1) is 7.66. The normalized spacial score (nSPS) is 12.4. The van der Waals surface area contributed by atoms with Crippen LogP contribution in [-0.2, 0) is 0 Å². The smallest absolute Gasteiger partial charge is 0.0579 e. The van der Waals surface area contributed by atoms with Crippen LogP contribution in [0, 0.1) is 13.8 Å². The zero-order chi connectivity index (χ0) is 11.5. The number of thiophene rings is 1. The van der Waals surface area contributed by atoms with Crippen molar-refractivity contribution in [1.82, 2.24) is 4.98 Å². The highest BCUT2D eigenvalue weighted by atomic mass is 32.1. The quantitative estimate of drug-likeness (QED) is 0.867. The van der Waals surface area contributed by atoms with E-state index in [1.165, 1.54) is 15.3 Å². The lowest BCUT2D eigenvalue weighted by Crippen LogP contribution is -2.06. The van der Waals surface area contributed by atoms with Crippen LogP contribution in [0.15, 0.2) is 30.6 Å². The summed E-state index contributed by atoms with van der Waals surface area (Å²) in [6, 6.07) is 6.70. The minimum Gasteiger partial charge on any atom is -0.376 e. The second-order valence-corrected chi connectivity index (χ2v) is 5.32. The van der Waals surface area contributed by atoms with Gasteiger partial charge in [-0.15, -0.1) is 11.3 Å². The van der Waals surface area contributed by atoms with Gasteiger partial charge in [0.1, 0.15) is 0 Å². The van der Waals surface area contributed by atoms with Gasteiger partial charge in [0.25, 0.3) is 0 Å². The molecule has 0 radical (unpaired) electrons. The molecule has 2 rings (SSSR count). The van der Waals surface area contributed by atoms with Crippen LogP contribution < -0.4 is 5.32 Å². The van der Waals surface area contributed by atoms with Crippen LogP contribution in [0.5, 0.6) is 0 Å². The SMILES string of the molecule is Cc1ccc(C(C)Nc2cnccc2C)s1. The zero-order valence-corrected chi connectivity index (χ0v) is 10.6. The summed E-state index contributed by atoms with van der Waals surface area (Å²) in [5.41, 5.74) is 2.34. The lowest BCUT2D eigenvalue weighted by atomic mass is 10.2. The summed E-state index contributed by atoms with van der Waals surface area (Å²) in [6.45, 7) is 6.41. The Morgan fingerprint density at radius 3 is 2.69 bits per heavy atom. The molecule has 0 aliphatic rings. The number of aromatic nitrogens is 1. The molecule has 0 aliphatic carbocycles. The van der Waals surface area contributed by atoms with Gasteiger partial charge in [0.05, 0.1) is 17.9 Å². The van der Waals surface area contributed by atoms with Gasteiger partial charge in [0, 0.05) is 16.0 Å². The topological polar surface area (TPSA) is 24.9 Å². The van der Waals surface area contributed by atoms with E-state index in [9.17, 15) is 0 Å². The van der Waals surface area contributed by atoms with E-state index in [1.54, 1.807) is 0 Å². The van der Waals surface area contributed by atoms with E-state index >= 15 is 0 Å². The molecule has 0 aromatic carbocycles. The molecule has 0 fully saturated rings. The van der Waals surface area contributed by atoms with Crippen LogP contribution in [0.1, 0.15) is 28.3 Å². The Labute approximate surface area is 100 Å². The summed E-state index contributed by atoms with van der Waals surface area (Å²) in [5, 5.41) is 3.49. The van der Waals surface area contributed by atoms with Crippen molar-refractivity contribution in [1.29, 1.82) is 0 Å². The second-order valence-electron chi connectivity index (χ2n) is 4.01. The Morgan fingerprint density at radius 2 is 2.06 bits per heavy atom. The molecular formula is C13H16N2S. The fourth-order valence-electron chi connectivity index (χ4n) is 1.61. The van der Waals surface area contributed by atoms with Gasteiger partial charge in [-0.3, -0.25) is 4.98 Å². The maximum absolute atomic E-state index is 4.14. The molecule has 16 heavy (non-hydrogen) atoms. The molecule has 0 bridgehead atoms. The molecule has 2 aromatic heterocycles. The number of hydrogen-bond donors (Lipinski definition) is 1. The van der Waals surface area contributed by atoms with E-state index in [4.69, 9.17) is 0 Å². The number of hydrogen-bond acceptors (Lipinski definition) is 3. The number of aryl methyl sites for hydroxylation is 2. The fraction of sp³-hybridized carbons (Fsp3) is 0.308. The number of nitrogens with zero attached hydrogens (tertiary/aromatic N) is 1. The van der Waals surface area contributed by atoms with Crippen molar-refractivity contribution in [3.63, 3.8) is 0 Å². The first kappa shape index (κ1) is 11.1. The minimum absolute atomic E-state index is 0.335. The Kier molecular flexibility index (Phi) is 3.25. The molecule has 2 heterocycles. The van der Waals surface area contributed by atoms with Gasteiger partial charge in [0.15, 0.2) is 0 Å². The third-order valence-corrected chi connectivity index (χ3v) is 3.78. The highest BCUT2D eigenvalue weighted by molar-refractivity contribution is 7.12. The summed E-state index contributed by atoms with van der Waals surface area (Å²) in [5.74, 6) is 0. The van der Waals surface area contributed by atoms with Crippen LogP contribution >= 0.6 is 11.3 Å². The number of pyridine rings is 1. The van der Waals surface area contributed by atoms with Crippen molar-refractivity contribution >= 4 is 17.0 Å². The van der Waals surface area contributed by atoms with Crippen molar-refractivity contribution < 1.29 is 0 Å². The maximum atomic E-state index is 4.14. The molecule has 2 nitrogen and oxygen atoms in total. The summed E-state index contributed by atoms with van der Waals surface area (Å²) >= 11 is 1.84. The van der Waals surface area contributed by atoms with Crippen LogP contribution in [0.4, 0.5) is 5.69 Å². The van der Waals surface area contributed by atoms with Gasteiger partial charge in [0.2, 0.25) is 0 Å². The van der Waals surface area contributed by atoms with E-state index in [0.29, 0.717) is 6.04 Å². The third kappa shape index (κ3) is 2.42. The lowest BCUT2D eigenvalue weighted by Gasteiger charge is -2.15. The standard InChI is InChI=1S/C13H16N2S/c1-9-6-7-14-8-12(9)15-11(3)13-5-4-10(2)16-13/h4-8,11,15H,1-3H3. The highest BCUT2D eigenvalue weighted by Crippen LogP contribution is 2.26. The fourth-order valence-corrected chi connectivity index (χ4v) is 2.49. The van der Waals surface area contributed by atoms with Gasteiger partial charge in [-0.25, -0.2) is 0 Å². The Balaban J connectivity index is 2.13. The van der Waals surface area contributed by atoms with E-state index in [-0.39, 0.29) is 0 Å². The molecular weight excluding hydrogens is 216 g/mol. The van der Waals surface area contributed by atoms with E-state index < -0.39 is 0 Å². The third-order valence-electron chi connectivity index (χ3n) is 2.60. The predicted octanol–water partition coefficient (Wildman–Crippen LogP) is 3.93. The highest BCUT2D eigenvalue weighted by Gasteiger charge is 2.08. The average molecular weight is 232 g/mol. The molecule has 2 aromatic rings. The molecule has 1 atom stereocenters. The molecule has 0 aliphatic heterocycles. The Hall–Kier alpha value is -1.35. The van der Waals surface area contributed by atoms with Gasteiger partial charge >= 0.3 is 0 Å². The molecule has 1 unspecified atom stereocenters. The molecule has 1 N–H and O–H groups in total. The average Bonchev–Trinajstić information content (AvgIpc) is 2.68. The number of anilines is 1. The van der Waals surface area contributed by atoms with E-state index in [0.717, 1.165) is 5.69 Å². The molecule has 0 spiro atoms. The van der Waals surface area contributed by atoms with Gasteiger partial charge < -0.3 is 5.32 Å². The maximum Gasteiger partial charge on any atom is 0.0579 e. The molecule has 0 amide bonds. The van der Waals surface area contributed by atoms with Crippen molar-refractivity contribution in [2.75, 3.05) is 5.32 Å². The first-order valence-corrected chi connectivity index (χ1v) is 6.22. The minimum atomic E-state index is 0.335. The van der Waals surface area contributed by atoms with Gasteiger partial charge in [-0.2, -0.15) is 0 Å².